The van der Waals surface area contributed by atoms with Gasteiger partial charge in [-0.2, -0.15) is 13.2 Å². The first-order valence-electron chi connectivity index (χ1n) is 14.0. The van der Waals surface area contributed by atoms with Crippen molar-refractivity contribution in [2.24, 2.45) is 0 Å². The number of hydrogen-bond acceptors (Lipinski definition) is 7. The van der Waals surface area contributed by atoms with Crippen LogP contribution in [0.2, 0.25) is 5.02 Å². The van der Waals surface area contributed by atoms with Crippen LogP contribution in [0.1, 0.15) is 21.5 Å². The fourth-order valence-electron chi connectivity index (χ4n) is 4.35. The first-order chi connectivity index (χ1) is 22.9. The molecule has 0 bridgehead atoms. The standard InChI is InChI=1S/C34H29ClF3N3O6S/c1-45-28-15-20(16-29(46-2)31(28)47-3)14-27(41-32(43)21-8-5-4-6-9-21)33(44)39-23-10-7-11-24(18-23)48-19-30(42)40-26-13-12-22(35)17-25(26)34(36,37)38/h4-18H,19H2,1-3H3,(H,39,44)(H,40,42)(H,41,43)/b27-14+. The van der Waals surface area contributed by atoms with Crippen LogP contribution >= 0.6 is 23.4 Å². The van der Waals surface area contributed by atoms with Crippen LogP contribution in [0.5, 0.6) is 17.2 Å². The summed E-state index contributed by atoms with van der Waals surface area (Å²) in [5.41, 5.74) is -0.493. The second-order valence-electron chi connectivity index (χ2n) is 9.84. The fourth-order valence-corrected chi connectivity index (χ4v) is 5.28. The number of nitrogens with one attached hydrogen (secondary N) is 3. The van der Waals surface area contributed by atoms with E-state index in [-0.39, 0.29) is 16.5 Å². The number of thioether (sulfide) groups is 1. The van der Waals surface area contributed by atoms with Crippen molar-refractivity contribution in [3.8, 4) is 17.2 Å². The number of amides is 3. The molecule has 9 nitrogen and oxygen atoms in total. The largest absolute Gasteiger partial charge is 0.493 e. The van der Waals surface area contributed by atoms with E-state index in [9.17, 15) is 27.6 Å². The van der Waals surface area contributed by atoms with Gasteiger partial charge >= 0.3 is 6.18 Å². The average molecular weight is 700 g/mol. The first kappa shape index (κ1) is 35.7. The predicted molar refractivity (Wildman–Crippen MR) is 179 cm³/mol. The zero-order valence-corrected chi connectivity index (χ0v) is 27.3. The summed E-state index contributed by atoms with van der Waals surface area (Å²) in [4.78, 5) is 39.7. The Bertz CT molecular complexity index is 1810. The van der Waals surface area contributed by atoms with Crippen LogP contribution in [0.25, 0.3) is 6.08 Å². The number of rotatable bonds is 12. The summed E-state index contributed by atoms with van der Waals surface area (Å²) in [7, 11) is 4.35. The summed E-state index contributed by atoms with van der Waals surface area (Å²) < 4.78 is 56.4. The topological polar surface area (TPSA) is 115 Å². The summed E-state index contributed by atoms with van der Waals surface area (Å²) in [5.74, 6) is -1.11. The normalized spacial score (nSPS) is 11.4. The number of carbonyl (C=O) groups excluding carboxylic acids is 3. The molecule has 0 atom stereocenters. The maximum atomic E-state index is 13.6. The third kappa shape index (κ3) is 9.46. The van der Waals surface area contributed by atoms with Crippen molar-refractivity contribution in [3.05, 3.63) is 112 Å². The Kier molecular flexibility index (Phi) is 12.0. The van der Waals surface area contributed by atoms with Crippen LogP contribution in [0.3, 0.4) is 0 Å². The highest BCUT2D eigenvalue weighted by Crippen LogP contribution is 2.39. The second-order valence-corrected chi connectivity index (χ2v) is 11.3. The minimum Gasteiger partial charge on any atom is -0.493 e. The number of methoxy groups -OCH3 is 3. The minimum absolute atomic E-state index is 0.112. The summed E-state index contributed by atoms with van der Waals surface area (Å²) >= 11 is 6.76. The van der Waals surface area contributed by atoms with Crippen molar-refractivity contribution in [2.75, 3.05) is 37.7 Å². The summed E-state index contributed by atoms with van der Waals surface area (Å²) in [6.45, 7) is 0. The molecule has 3 amide bonds. The molecule has 4 aromatic rings. The van der Waals surface area contributed by atoms with Gasteiger partial charge < -0.3 is 30.2 Å². The number of carbonyl (C=O) groups is 3. The molecular weight excluding hydrogens is 671 g/mol. The Balaban J connectivity index is 1.53. The maximum Gasteiger partial charge on any atom is 0.418 e. The van der Waals surface area contributed by atoms with E-state index in [4.69, 9.17) is 25.8 Å². The lowest BCUT2D eigenvalue weighted by Gasteiger charge is -2.15. The molecule has 3 N–H and O–H groups in total. The van der Waals surface area contributed by atoms with E-state index in [0.717, 1.165) is 23.9 Å². The quantitative estimate of drug-likeness (QED) is 0.104. The van der Waals surface area contributed by atoms with Gasteiger partial charge in [0.15, 0.2) is 11.5 Å². The molecule has 0 unspecified atom stereocenters. The highest BCUT2D eigenvalue weighted by molar-refractivity contribution is 8.00. The number of hydrogen-bond donors (Lipinski definition) is 3. The highest BCUT2D eigenvalue weighted by atomic mass is 35.5. The molecule has 0 aliphatic rings. The fraction of sp³-hybridized carbons (Fsp3) is 0.147. The Morgan fingerprint density at radius 3 is 2.15 bits per heavy atom. The summed E-state index contributed by atoms with van der Waals surface area (Å²) in [6.07, 6.45) is -3.28. The van der Waals surface area contributed by atoms with Crippen molar-refractivity contribution in [2.45, 2.75) is 11.1 Å². The molecule has 0 fully saturated rings. The first-order valence-corrected chi connectivity index (χ1v) is 15.4. The lowest BCUT2D eigenvalue weighted by Crippen LogP contribution is -2.30. The van der Waals surface area contributed by atoms with E-state index in [0.29, 0.717) is 39.0 Å². The number of anilines is 2. The second kappa shape index (κ2) is 16.1. The van der Waals surface area contributed by atoms with Gasteiger partial charge in [0.05, 0.1) is 38.3 Å². The molecule has 0 saturated heterocycles. The zero-order valence-electron chi connectivity index (χ0n) is 25.7. The number of alkyl halides is 3. The van der Waals surface area contributed by atoms with E-state index < -0.39 is 35.1 Å². The molecule has 0 radical (unpaired) electrons. The van der Waals surface area contributed by atoms with Crippen LogP contribution in [-0.2, 0) is 15.8 Å². The van der Waals surface area contributed by atoms with Crippen LogP contribution in [0, 0.1) is 0 Å². The monoisotopic (exact) mass is 699 g/mol. The molecule has 4 aromatic carbocycles. The van der Waals surface area contributed by atoms with E-state index in [1.165, 1.54) is 33.5 Å². The van der Waals surface area contributed by atoms with Crippen LogP contribution < -0.4 is 30.2 Å². The zero-order chi connectivity index (χ0) is 34.8. The smallest absolute Gasteiger partial charge is 0.418 e. The molecule has 0 aliphatic heterocycles. The van der Waals surface area contributed by atoms with Crippen molar-refractivity contribution in [1.29, 1.82) is 0 Å². The Morgan fingerprint density at radius 1 is 0.833 bits per heavy atom. The van der Waals surface area contributed by atoms with Gasteiger partial charge in [0, 0.05) is 21.2 Å². The third-order valence-electron chi connectivity index (χ3n) is 6.55. The van der Waals surface area contributed by atoms with Crippen LogP contribution in [0.15, 0.2) is 95.5 Å². The van der Waals surface area contributed by atoms with E-state index in [2.05, 4.69) is 16.0 Å². The van der Waals surface area contributed by atoms with Crippen molar-refractivity contribution in [3.63, 3.8) is 0 Å². The van der Waals surface area contributed by atoms with Gasteiger partial charge in [-0.1, -0.05) is 35.9 Å². The lowest BCUT2D eigenvalue weighted by molar-refractivity contribution is -0.137. The van der Waals surface area contributed by atoms with Gasteiger partial charge in [0.2, 0.25) is 11.7 Å². The Morgan fingerprint density at radius 2 is 1.52 bits per heavy atom. The van der Waals surface area contributed by atoms with Crippen LogP contribution in [-0.4, -0.2) is 44.8 Å². The molecule has 0 spiro atoms. The van der Waals surface area contributed by atoms with E-state index in [1.807, 2.05) is 0 Å². The van der Waals surface area contributed by atoms with Crippen molar-refractivity contribution in [1.82, 2.24) is 5.32 Å². The molecule has 0 heterocycles. The third-order valence-corrected chi connectivity index (χ3v) is 7.78. The van der Waals surface area contributed by atoms with Gasteiger partial charge in [-0.15, -0.1) is 11.8 Å². The number of benzene rings is 4. The molecule has 48 heavy (non-hydrogen) atoms. The SMILES string of the molecule is COc1cc(/C=C(/NC(=O)c2ccccc2)C(=O)Nc2cccc(SCC(=O)Nc3ccc(Cl)cc3C(F)(F)F)c2)cc(OC)c1OC. The predicted octanol–water partition coefficient (Wildman–Crippen LogP) is 7.53. The molecule has 250 valence electrons. The van der Waals surface area contributed by atoms with Gasteiger partial charge in [-0.05, 0) is 72.3 Å². The van der Waals surface area contributed by atoms with Gasteiger partial charge in [-0.25, -0.2) is 0 Å². The number of ether oxygens (including phenoxy) is 3. The lowest BCUT2D eigenvalue weighted by atomic mass is 10.1. The molecular formula is C34H29ClF3N3O6S. The van der Waals surface area contributed by atoms with Gasteiger partial charge in [0.25, 0.3) is 11.8 Å². The van der Waals surface area contributed by atoms with Crippen molar-refractivity contribution < 1.29 is 41.8 Å². The molecule has 0 aromatic heterocycles. The molecule has 0 aliphatic carbocycles. The Labute approximate surface area is 283 Å². The summed E-state index contributed by atoms with van der Waals surface area (Å²) in [5, 5.41) is 7.55. The van der Waals surface area contributed by atoms with E-state index in [1.54, 1.807) is 66.7 Å². The molecule has 14 heteroatoms. The minimum atomic E-state index is -4.72. The van der Waals surface area contributed by atoms with Gasteiger partial charge in [0.1, 0.15) is 5.70 Å². The Hall–Kier alpha value is -5.14. The average Bonchev–Trinajstić information content (AvgIpc) is 3.07. The van der Waals surface area contributed by atoms with Gasteiger partial charge in [-0.3, -0.25) is 14.4 Å². The van der Waals surface area contributed by atoms with Crippen molar-refractivity contribution >= 4 is 58.5 Å². The summed E-state index contributed by atoms with van der Waals surface area (Å²) in [6, 6.07) is 21.1. The van der Waals surface area contributed by atoms with E-state index >= 15 is 0 Å². The van der Waals surface area contributed by atoms with Crippen LogP contribution in [0.4, 0.5) is 24.5 Å². The maximum absolute atomic E-state index is 13.6. The molecule has 0 saturated carbocycles. The highest BCUT2D eigenvalue weighted by Gasteiger charge is 2.34. The number of halogens is 4. The molecule has 4 rings (SSSR count).